The number of anilines is 1. The van der Waals surface area contributed by atoms with E-state index in [0.29, 0.717) is 19.6 Å². The minimum atomic E-state index is -0.396. The first kappa shape index (κ1) is 17.6. The third-order valence-electron chi connectivity index (χ3n) is 5.32. The van der Waals surface area contributed by atoms with Crippen LogP contribution in [0.3, 0.4) is 0 Å². The molecule has 3 amide bonds. The van der Waals surface area contributed by atoms with Crippen molar-refractivity contribution in [1.82, 2.24) is 15.5 Å². The van der Waals surface area contributed by atoms with Crippen molar-refractivity contribution in [3.63, 3.8) is 0 Å². The van der Waals surface area contributed by atoms with E-state index in [2.05, 4.69) is 47.6 Å². The predicted molar refractivity (Wildman–Crippen MR) is 98.9 cm³/mol. The van der Waals surface area contributed by atoms with Crippen LogP contribution >= 0.6 is 0 Å². The Balaban J connectivity index is 1.55. The van der Waals surface area contributed by atoms with E-state index in [-0.39, 0.29) is 11.9 Å². The predicted octanol–water partition coefficient (Wildman–Crippen LogP) is 1.80. The third-order valence-corrected chi connectivity index (χ3v) is 5.32. The Morgan fingerprint density at radius 2 is 1.92 bits per heavy atom. The molecule has 2 aliphatic heterocycles. The lowest BCUT2D eigenvalue weighted by Gasteiger charge is -2.37. The molecule has 25 heavy (non-hydrogen) atoms. The van der Waals surface area contributed by atoms with E-state index < -0.39 is 6.04 Å². The Labute approximate surface area is 149 Å². The van der Waals surface area contributed by atoms with Gasteiger partial charge >= 0.3 is 6.03 Å². The molecule has 6 nitrogen and oxygen atoms in total. The van der Waals surface area contributed by atoms with Crippen molar-refractivity contribution >= 4 is 17.6 Å². The summed E-state index contributed by atoms with van der Waals surface area (Å²) in [5.41, 5.74) is 3.84. The number of carbonyl (C=O) groups excluding carboxylic acids is 2. The quantitative estimate of drug-likeness (QED) is 0.860. The first-order valence-electron chi connectivity index (χ1n) is 9.20. The Morgan fingerprint density at radius 1 is 1.16 bits per heavy atom. The standard InChI is InChI=1S/C19H28N4O2/c1-14-6-5-8-17(15(14)2)22-10-12-23(13-11-22)19(25)21-16-7-3-4-9-20-18(16)24/h5-6,8,16H,3-4,7,9-13H2,1-2H3,(H,20,24)(H,21,25)/t16-/m0/s1. The molecule has 2 saturated heterocycles. The van der Waals surface area contributed by atoms with Gasteiger partial charge in [-0.1, -0.05) is 12.1 Å². The summed E-state index contributed by atoms with van der Waals surface area (Å²) in [4.78, 5) is 28.6. The highest BCUT2D eigenvalue weighted by Crippen LogP contribution is 2.23. The van der Waals surface area contributed by atoms with Gasteiger partial charge in [-0.25, -0.2) is 4.79 Å². The van der Waals surface area contributed by atoms with Crippen molar-refractivity contribution in [2.75, 3.05) is 37.6 Å². The summed E-state index contributed by atoms with van der Waals surface area (Å²) >= 11 is 0. The first-order valence-corrected chi connectivity index (χ1v) is 9.20. The van der Waals surface area contributed by atoms with E-state index in [1.54, 1.807) is 0 Å². The number of nitrogens with one attached hydrogen (secondary N) is 2. The van der Waals surface area contributed by atoms with Crippen LogP contribution in [-0.4, -0.2) is 55.6 Å². The summed E-state index contributed by atoms with van der Waals surface area (Å²) in [6.07, 6.45) is 2.66. The normalized spacial score (nSPS) is 21.5. The van der Waals surface area contributed by atoms with E-state index >= 15 is 0 Å². The smallest absolute Gasteiger partial charge is 0.318 e. The summed E-state index contributed by atoms with van der Waals surface area (Å²) in [6, 6.07) is 5.84. The van der Waals surface area contributed by atoms with Crippen molar-refractivity contribution in [1.29, 1.82) is 0 Å². The zero-order chi connectivity index (χ0) is 17.8. The van der Waals surface area contributed by atoms with Crippen LogP contribution in [0.15, 0.2) is 18.2 Å². The molecule has 1 aromatic rings. The fraction of sp³-hybridized carbons (Fsp3) is 0.579. The van der Waals surface area contributed by atoms with Gasteiger partial charge in [-0.2, -0.15) is 0 Å². The van der Waals surface area contributed by atoms with Crippen LogP contribution in [0, 0.1) is 13.8 Å². The molecule has 0 aliphatic carbocycles. The summed E-state index contributed by atoms with van der Waals surface area (Å²) in [5.74, 6) is -0.0557. The molecular weight excluding hydrogens is 316 g/mol. The number of aryl methyl sites for hydroxylation is 1. The van der Waals surface area contributed by atoms with Gasteiger partial charge in [0.15, 0.2) is 0 Å². The maximum Gasteiger partial charge on any atom is 0.318 e. The molecule has 0 bridgehead atoms. The number of piperazine rings is 1. The van der Waals surface area contributed by atoms with Gasteiger partial charge in [0, 0.05) is 38.4 Å². The Hall–Kier alpha value is -2.24. The number of carbonyl (C=O) groups is 2. The van der Waals surface area contributed by atoms with Gasteiger partial charge in [-0.15, -0.1) is 0 Å². The molecule has 0 radical (unpaired) electrons. The fourth-order valence-electron chi connectivity index (χ4n) is 3.55. The Morgan fingerprint density at radius 3 is 2.68 bits per heavy atom. The molecule has 0 saturated carbocycles. The van der Waals surface area contributed by atoms with Crippen LogP contribution in [0.4, 0.5) is 10.5 Å². The lowest BCUT2D eigenvalue weighted by atomic mass is 10.1. The van der Waals surface area contributed by atoms with E-state index in [0.717, 1.165) is 32.4 Å². The molecular formula is C19H28N4O2. The number of amides is 3. The molecule has 0 aromatic heterocycles. The van der Waals surface area contributed by atoms with Gasteiger partial charge in [0.25, 0.3) is 0 Å². The third kappa shape index (κ3) is 4.06. The van der Waals surface area contributed by atoms with Crippen molar-refractivity contribution in [2.45, 2.75) is 39.2 Å². The van der Waals surface area contributed by atoms with Crippen molar-refractivity contribution in [2.24, 2.45) is 0 Å². The molecule has 0 spiro atoms. The minimum Gasteiger partial charge on any atom is -0.368 e. The molecule has 136 valence electrons. The summed E-state index contributed by atoms with van der Waals surface area (Å²) < 4.78 is 0. The number of hydrogen-bond donors (Lipinski definition) is 2. The second-order valence-corrected chi connectivity index (χ2v) is 6.98. The maximum absolute atomic E-state index is 12.5. The van der Waals surface area contributed by atoms with E-state index in [4.69, 9.17) is 0 Å². The largest absolute Gasteiger partial charge is 0.368 e. The highest BCUT2D eigenvalue weighted by Gasteiger charge is 2.27. The molecule has 0 unspecified atom stereocenters. The average Bonchev–Trinajstić information content (AvgIpc) is 2.82. The number of hydrogen-bond acceptors (Lipinski definition) is 3. The van der Waals surface area contributed by atoms with Gasteiger partial charge in [0.2, 0.25) is 5.91 Å². The molecule has 2 N–H and O–H groups in total. The molecule has 1 aromatic carbocycles. The zero-order valence-corrected chi connectivity index (χ0v) is 15.2. The Bertz CT molecular complexity index is 638. The molecule has 2 heterocycles. The van der Waals surface area contributed by atoms with Crippen LogP contribution in [0.5, 0.6) is 0 Å². The van der Waals surface area contributed by atoms with Crippen LogP contribution in [0.2, 0.25) is 0 Å². The van der Waals surface area contributed by atoms with E-state index in [1.807, 2.05) is 4.90 Å². The topological polar surface area (TPSA) is 64.7 Å². The first-order chi connectivity index (χ1) is 12.1. The monoisotopic (exact) mass is 344 g/mol. The van der Waals surface area contributed by atoms with Gasteiger partial charge in [0.1, 0.15) is 6.04 Å². The van der Waals surface area contributed by atoms with Crippen LogP contribution in [0.25, 0.3) is 0 Å². The SMILES string of the molecule is Cc1cccc(N2CCN(C(=O)N[C@H]3CCCCNC3=O)CC2)c1C. The zero-order valence-electron chi connectivity index (χ0n) is 15.2. The maximum atomic E-state index is 12.5. The summed E-state index contributed by atoms with van der Waals surface area (Å²) in [6.45, 7) is 7.96. The van der Waals surface area contributed by atoms with Gasteiger partial charge in [-0.05, 0) is 50.3 Å². The van der Waals surface area contributed by atoms with Gasteiger partial charge in [-0.3, -0.25) is 4.79 Å². The lowest BCUT2D eigenvalue weighted by molar-refractivity contribution is -0.122. The van der Waals surface area contributed by atoms with Gasteiger partial charge in [0.05, 0.1) is 0 Å². The fourth-order valence-corrected chi connectivity index (χ4v) is 3.55. The Kier molecular flexibility index (Phi) is 5.46. The number of benzene rings is 1. The number of nitrogens with zero attached hydrogens (tertiary/aromatic N) is 2. The van der Waals surface area contributed by atoms with Crippen LogP contribution in [0.1, 0.15) is 30.4 Å². The minimum absolute atomic E-state index is 0.0557. The second-order valence-electron chi connectivity index (χ2n) is 6.98. The number of urea groups is 1. The second kappa shape index (κ2) is 7.76. The van der Waals surface area contributed by atoms with Crippen LogP contribution in [-0.2, 0) is 4.79 Å². The molecule has 1 atom stereocenters. The summed E-state index contributed by atoms with van der Waals surface area (Å²) in [5, 5.41) is 5.77. The van der Waals surface area contributed by atoms with E-state index in [9.17, 15) is 9.59 Å². The van der Waals surface area contributed by atoms with Crippen LogP contribution < -0.4 is 15.5 Å². The lowest BCUT2D eigenvalue weighted by Crippen LogP contribution is -2.55. The average molecular weight is 344 g/mol. The van der Waals surface area contributed by atoms with Crippen molar-refractivity contribution < 1.29 is 9.59 Å². The van der Waals surface area contributed by atoms with E-state index in [1.165, 1.54) is 16.8 Å². The van der Waals surface area contributed by atoms with Gasteiger partial charge < -0.3 is 20.4 Å². The highest BCUT2D eigenvalue weighted by molar-refractivity contribution is 5.87. The molecule has 6 heteroatoms. The molecule has 2 aliphatic rings. The highest BCUT2D eigenvalue weighted by atomic mass is 16.2. The summed E-state index contributed by atoms with van der Waals surface area (Å²) in [7, 11) is 0. The number of rotatable bonds is 2. The van der Waals surface area contributed by atoms with Crippen molar-refractivity contribution in [3.05, 3.63) is 29.3 Å². The molecule has 3 rings (SSSR count). The molecule has 2 fully saturated rings. The van der Waals surface area contributed by atoms with Crippen molar-refractivity contribution in [3.8, 4) is 0 Å².